The zero-order valence-corrected chi connectivity index (χ0v) is 17.6. The number of aromatic nitrogens is 2. The molecule has 2 aliphatic rings. The summed E-state index contributed by atoms with van der Waals surface area (Å²) >= 11 is 0. The molecule has 0 spiro atoms. The number of piperazine rings is 1. The van der Waals surface area contributed by atoms with Crippen LogP contribution in [0.3, 0.4) is 0 Å². The van der Waals surface area contributed by atoms with Crippen LogP contribution in [-0.4, -0.2) is 66.7 Å². The average Bonchev–Trinajstić information content (AvgIpc) is 2.78. The van der Waals surface area contributed by atoms with Gasteiger partial charge >= 0.3 is 0 Å². The lowest BCUT2D eigenvalue weighted by atomic mass is 9.95. The molecule has 0 unspecified atom stereocenters. The van der Waals surface area contributed by atoms with E-state index in [1.54, 1.807) is 12.4 Å². The molecule has 1 saturated heterocycles. The van der Waals surface area contributed by atoms with Crippen LogP contribution >= 0.6 is 0 Å². The first kappa shape index (κ1) is 20.4. The number of benzene rings is 1. The van der Waals surface area contributed by atoms with Gasteiger partial charge in [0.2, 0.25) is 11.9 Å². The van der Waals surface area contributed by atoms with Crippen molar-refractivity contribution < 1.29 is 14.3 Å². The third-order valence-corrected chi connectivity index (χ3v) is 5.48. The van der Waals surface area contributed by atoms with Gasteiger partial charge in [0.05, 0.1) is 12.6 Å². The second-order valence-electron chi connectivity index (χ2n) is 8.00. The molecule has 1 amide bonds. The summed E-state index contributed by atoms with van der Waals surface area (Å²) in [4.78, 5) is 25.7. The summed E-state index contributed by atoms with van der Waals surface area (Å²) < 4.78 is 11.3. The van der Waals surface area contributed by atoms with Crippen molar-refractivity contribution in [2.45, 2.75) is 19.9 Å². The Morgan fingerprint density at radius 2 is 1.77 bits per heavy atom. The van der Waals surface area contributed by atoms with E-state index in [-0.39, 0.29) is 17.9 Å². The minimum atomic E-state index is -0.0765. The van der Waals surface area contributed by atoms with E-state index in [1.807, 2.05) is 24.3 Å². The Morgan fingerprint density at radius 3 is 2.47 bits per heavy atom. The molecule has 30 heavy (non-hydrogen) atoms. The molecular weight excluding hydrogens is 382 g/mol. The number of amides is 1. The van der Waals surface area contributed by atoms with Gasteiger partial charge in [0.25, 0.3) is 0 Å². The summed E-state index contributed by atoms with van der Waals surface area (Å²) in [7, 11) is 0. The molecule has 0 saturated carbocycles. The van der Waals surface area contributed by atoms with Gasteiger partial charge in [0.15, 0.2) is 11.5 Å². The Labute approximate surface area is 177 Å². The van der Waals surface area contributed by atoms with Crippen LogP contribution in [0.4, 0.5) is 5.95 Å². The molecule has 0 radical (unpaired) electrons. The second-order valence-corrected chi connectivity index (χ2v) is 8.00. The van der Waals surface area contributed by atoms with Gasteiger partial charge in [0.1, 0.15) is 13.2 Å². The van der Waals surface area contributed by atoms with Crippen molar-refractivity contribution in [3.8, 4) is 11.5 Å². The number of hydrogen-bond donors (Lipinski definition) is 1. The highest BCUT2D eigenvalue weighted by Crippen LogP contribution is 2.34. The normalized spacial score (nSPS) is 17.6. The second kappa shape index (κ2) is 9.30. The maximum atomic E-state index is 12.8. The summed E-state index contributed by atoms with van der Waals surface area (Å²) in [6.45, 7) is 8.97. The van der Waals surface area contributed by atoms with E-state index in [2.05, 4.69) is 38.9 Å². The molecule has 160 valence electrons. The molecule has 1 aromatic carbocycles. The fourth-order valence-corrected chi connectivity index (χ4v) is 3.87. The van der Waals surface area contributed by atoms with Gasteiger partial charge in [-0.05, 0) is 29.7 Å². The van der Waals surface area contributed by atoms with Crippen LogP contribution < -0.4 is 19.7 Å². The van der Waals surface area contributed by atoms with E-state index >= 15 is 0 Å². The Bertz CT molecular complexity index is 853. The van der Waals surface area contributed by atoms with Crippen LogP contribution in [0, 0.1) is 5.92 Å². The van der Waals surface area contributed by atoms with Crippen molar-refractivity contribution in [2.75, 3.05) is 50.8 Å². The maximum absolute atomic E-state index is 12.8. The van der Waals surface area contributed by atoms with Gasteiger partial charge in [0, 0.05) is 38.6 Å². The number of carbonyl (C=O) groups is 1. The van der Waals surface area contributed by atoms with E-state index in [0.29, 0.717) is 19.8 Å². The molecule has 1 atom stereocenters. The molecule has 8 nitrogen and oxygen atoms in total. The maximum Gasteiger partial charge on any atom is 0.234 e. The van der Waals surface area contributed by atoms with E-state index in [4.69, 9.17) is 9.47 Å². The number of ether oxygens (including phenoxy) is 2. The molecule has 1 fully saturated rings. The number of fused-ring (bicyclic) bond motifs is 1. The molecule has 0 aliphatic carbocycles. The van der Waals surface area contributed by atoms with Gasteiger partial charge < -0.3 is 19.7 Å². The minimum Gasteiger partial charge on any atom is -0.486 e. The molecule has 2 aliphatic heterocycles. The lowest BCUT2D eigenvalue weighted by Gasteiger charge is -2.34. The predicted molar refractivity (Wildman–Crippen MR) is 114 cm³/mol. The summed E-state index contributed by atoms with van der Waals surface area (Å²) in [5, 5.41) is 3.21. The largest absolute Gasteiger partial charge is 0.486 e. The summed E-state index contributed by atoms with van der Waals surface area (Å²) in [6, 6.07) is 7.66. The topological polar surface area (TPSA) is 79.8 Å². The summed E-state index contributed by atoms with van der Waals surface area (Å²) in [6.07, 6.45) is 3.51. The fourth-order valence-electron chi connectivity index (χ4n) is 3.87. The Kier molecular flexibility index (Phi) is 6.32. The van der Waals surface area contributed by atoms with Crippen molar-refractivity contribution in [3.05, 3.63) is 42.2 Å². The van der Waals surface area contributed by atoms with Crippen LogP contribution in [0.15, 0.2) is 36.7 Å². The third-order valence-electron chi connectivity index (χ3n) is 5.48. The highest BCUT2D eigenvalue weighted by molar-refractivity contribution is 5.78. The van der Waals surface area contributed by atoms with Gasteiger partial charge in [-0.25, -0.2) is 9.97 Å². The highest BCUT2D eigenvalue weighted by Gasteiger charge is 2.24. The summed E-state index contributed by atoms with van der Waals surface area (Å²) in [5.74, 6) is 2.55. The molecule has 1 N–H and O–H groups in total. The molecule has 3 heterocycles. The highest BCUT2D eigenvalue weighted by atomic mass is 16.6. The van der Waals surface area contributed by atoms with E-state index in [9.17, 15) is 4.79 Å². The molecule has 1 aromatic heterocycles. The SMILES string of the molecule is CC(C)[C@H](NC(=O)CN1CCN(c2ncccn2)CC1)c1ccc2c(c1)OCCO2. The van der Waals surface area contributed by atoms with Crippen molar-refractivity contribution in [3.63, 3.8) is 0 Å². The van der Waals surface area contributed by atoms with Gasteiger partial charge in [-0.2, -0.15) is 0 Å². The van der Waals surface area contributed by atoms with Crippen molar-refractivity contribution in [1.82, 2.24) is 20.2 Å². The van der Waals surface area contributed by atoms with Gasteiger partial charge in [-0.15, -0.1) is 0 Å². The first-order valence-corrected chi connectivity index (χ1v) is 10.5. The van der Waals surface area contributed by atoms with Crippen LogP contribution in [0.5, 0.6) is 11.5 Å². The number of hydrogen-bond acceptors (Lipinski definition) is 7. The van der Waals surface area contributed by atoms with Crippen LogP contribution in [0.2, 0.25) is 0 Å². The average molecular weight is 412 g/mol. The third kappa shape index (κ3) is 4.81. The quantitative estimate of drug-likeness (QED) is 0.777. The Hall–Kier alpha value is -2.87. The lowest BCUT2D eigenvalue weighted by Crippen LogP contribution is -2.50. The molecule has 4 rings (SSSR count). The van der Waals surface area contributed by atoms with E-state index in [0.717, 1.165) is 49.2 Å². The smallest absolute Gasteiger partial charge is 0.234 e. The predicted octanol–water partition coefficient (Wildman–Crippen LogP) is 1.88. The monoisotopic (exact) mass is 411 g/mol. The first-order chi connectivity index (χ1) is 14.6. The minimum absolute atomic E-state index is 0.0352. The number of rotatable bonds is 6. The van der Waals surface area contributed by atoms with Gasteiger partial charge in [-0.1, -0.05) is 19.9 Å². The number of nitrogens with zero attached hydrogens (tertiary/aromatic N) is 4. The molecule has 8 heteroatoms. The van der Waals surface area contributed by atoms with Crippen LogP contribution in [0.1, 0.15) is 25.5 Å². The van der Waals surface area contributed by atoms with Crippen molar-refractivity contribution >= 4 is 11.9 Å². The van der Waals surface area contributed by atoms with E-state index < -0.39 is 0 Å². The zero-order valence-electron chi connectivity index (χ0n) is 17.6. The molecular formula is C22H29N5O3. The van der Waals surface area contributed by atoms with Crippen LogP contribution in [0.25, 0.3) is 0 Å². The van der Waals surface area contributed by atoms with Crippen molar-refractivity contribution in [1.29, 1.82) is 0 Å². The lowest BCUT2D eigenvalue weighted by molar-refractivity contribution is -0.123. The number of anilines is 1. The number of nitrogens with one attached hydrogen (secondary N) is 1. The molecule has 2 aromatic rings. The standard InChI is InChI=1S/C22H29N5O3/c1-16(2)21(17-4-5-18-19(14-17)30-13-12-29-18)25-20(28)15-26-8-10-27(11-9-26)22-23-6-3-7-24-22/h3-7,14,16,21H,8-13,15H2,1-2H3,(H,25,28)/t21-/m0/s1. The zero-order chi connectivity index (χ0) is 20.9. The first-order valence-electron chi connectivity index (χ1n) is 10.5. The molecule has 0 bridgehead atoms. The van der Waals surface area contributed by atoms with E-state index in [1.165, 1.54) is 0 Å². The van der Waals surface area contributed by atoms with Gasteiger partial charge in [-0.3, -0.25) is 9.69 Å². The Balaban J connectivity index is 1.33. The van der Waals surface area contributed by atoms with Crippen LogP contribution in [-0.2, 0) is 4.79 Å². The summed E-state index contributed by atoms with van der Waals surface area (Å²) in [5.41, 5.74) is 1.04. The Morgan fingerprint density at radius 1 is 1.07 bits per heavy atom. The fraction of sp³-hybridized carbons (Fsp3) is 0.500. The van der Waals surface area contributed by atoms with Crippen molar-refractivity contribution in [2.24, 2.45) is 5.92 Å². The number of carbonyl (C=O) groups excluding carboxylic acids is 1.